The first kappa shape index (κ1) is 13.1. The molecule has 1 N–H and O–H groups in total. The Bertz CT molecular complexity index is 675. The Kier molecular flexibility index (Phi) is 3.21. The number of likely N-dealkylation sites (tertiary alicyclic amines) is 1. The van der Waals surface area contributed by atoms with E-state index in [0.29, 0.717) is 24.4 Å². The lowest BCUT2D eigenvalue weighted by atomic mass is 9.97. The largest absolute Gasteiger partial charge is 0.465 e. The molecule has 0 spiro atoms. The Hall–Kier alpha value is -1.89. The van der Waals surface area contributed by atoms with Crippen LogP contribution in [0.5, 0.6) is 0 Å². The molecule has 0 bridgehead atoms. The summed E-state index contributed by atoms with van der Waals surface area (Å²) in [4.78, 5) is 20.3. The van der Waals surface area contributed by atoms with Gasteiger partial charge in [-0.2, -0.15) is 4.39 Å². The van der Waals surface area contributed by atoms with Crippen molar-refractivity contribution in [2.75, 3.05) is 13.1 Å². The molecule has 3 heterocycles. The number of fused-ring (bicyclic) bond motifs is 1. The van der Waals surface area contributed by atoms with Gasteiger partial charge in [0.15, 0.2) is 5.15 Å². The van der Waals surface area contributed by atoms with E-state index in [9.17, 15) is 9.18 Å². The molecular formula is C12H12ClFN4O2. The van der Waals surface area contributed by atoms with Crippen LogP contribution in [0.1, 0.15) is 24.6 Å². The average molecular weight is 299 g/mol. The summed E-state index contributed by atoms with van der Waals surface area (Å²) in [5.74, 6) is -0.201. The standard InChI is InChI=1S/C12H12ClFN4O2/c13-10-8-4-16-11(18(8)9(14)5-15-10)7-2-1-3-17(6-7)12(19)20/h4-5,7H,1-3,6H2,(H,19,20). The predicted molar refractivity (Wildman–Crippen MR) is 69.5 cm³/mol. The second-order valence-electron chi connectivity index (χ2n) is 4.78. The number of piperidine rings is 1. The van der Waals surface area contributed by atoms with Gasteiger partial charge >= 0.3 is 6.09 Å². The molecule has 3 rings (SSSR count). The molecule has 0 aliphatic carbocycles. The minimum absolute atomic E-state index is 0.143. The zero-order valence-electron chi connectivity index (χ0n) is 10.5. The van der Waals surface area contributed by atoms with Crippen molar-refractivity contribution in [3.63, 3.8) is 0 Å². The van der Waals surface area contributed by atoms with Gasteiger partial charge in [-0.3, -0.25) is 4.40 Å². The van der Waals surface area contributed by atoms with Crippen LogP contribution in [0.4, 0.5) is 9.18 Å². The number of hydrogen-bond donors (Lipinski definition) is 1. The molecule has 1 aliphatic heterocycles. The number of imidazole rings is 1. The number of halogens is 2. The van der Waals surface area contributed by atoms with Crippen LogP contribution in [0, 0.1) is 5.95 Å². The van der Waals surface area contributed by atoms with Gasteiger partial charge < -0.3 is 10.0 Å². The van der Waals surface area contributed by atoms with E-state index < -0.39 is 12.0 Å². The van der Waals surface area contributed by atoms with E-state index in [1.807, 2.05) is 0 Å². The van der Waals surface area contributed by atoms with E-state index in [0.717, 1.165) is 19.0 Å². The lowest BCUT2D eigenvalue weighted by Crippen LogP contribution is -2.38. The maximum absolute atomic E-state index is 13.9. The van der Waals surface area contributed by atoms with Gasteiger partial charge in [0.25, 0.3) is 0 Å². The SMILES string of the molecule is O=C(O)N1CCCC(c2ncc3c(Cl)ncc(F)n23)C1. The highest BCUT2D eigenvalue weighted by atomic mass is 35.5. The minimum atomic E-state index is -0.962. The first-order chi connectivity index (χ1) is 9.58. The van der Waals surface area contributed by atoms with E-state index in [1.165, 1.54) is 15.5 Å². The van der Waals surface area contributed by atoms with Gasteiger partial charge in [-0.1, -0.05) is 11.6 Å². The van der Waals surface area contributed by atoms with Gasteiger partial charge in [-0.05, 0) is 12.8 Å². The Morgan fingerprint density at radius 2 is 2.25 bits per heavy atom. The van der Waals surface area contributed by atoms with E-state index in [2.05, 4.69) is 9.97 Å². The predicted octanol–water partition coefficient (Wildman–Crippen LogP) is 2.38. The van der Waals surface area contributed by atoms with Gasteiger partial charge in [-0.25, -0.2) is 14.8 Å². The van der Waals surface area contributed by atoms with Gasteiger partial charge in [0.05, 0.1) is 12.4 Å². The highest BCUT2D eigenvalue weighted by molar-refractivity contribution is 6.32. The van der Waals surface area contributed by atoms with Crippen molar-refractivity contribution in [1.82, 2.24) is 19.3 Å². The number of aromatic nitrogens is 3. The summed E-state index contributed by atoms with van der Waals surface area (Å²) in [6.45, 7) is 0.813. The van der Waals surface area contributed by atoms with Crippen LogP contribution < -0.4 is 0 Å². The van der Waals surface area contributed by atoms with Crippen LogP contribution in [0.2, 0.25) is 5.15 Å². The highest BCUT2D eigenvalue weighted by Crippen LogP contribution is 2.28. The third kappa shape index (κ3) is 2.07. The maximum Gasteiger partial charge on any atom is 0.407 e. The maximum atomic E-state index is 13.9. The number of nitrogens with zero attached hydrogens (tertiary/aromatic N) is 4. The van der Waals surface area contributed by atoms with Gasteiger partial charge in [0.1, 0.15) is 11.3 Å². The van der Waals surface area contributed by atoms with E-state index in [1.54, 1.807) is 0 Å². The normalized spacial score (nSPS) is 19.5. The van der Waals surface area contributed by atoms with Crippen LogP contribution >= 0.6 is 11.6 Å². The van der Waals surface area contributed by atoms with E-state index >= 15 is 0 Å². The Labute approximate surface area is 118 Å². The first-order valence-electron chi connectivity index (χ1n) is 6.23. The van der Waals surface area contributed by atoms with Crippen LogP contribution in [-0.4, -0.2) is 43.6 Å². The van der Waals surface area contributed by atoms with Gasteiger partial charge in [0, 0.05) is 19.0 Å². The molecule has 0 saturated carbocycles. The number of hydrogen-bond acceptors (Lipinski definition) is 3. The van der Waals surface area contributed by atoms with Crippen LogP contribution in [0.3, 0.4) is 0 Å². The lowest BCUT2D eigenvalue weighted by molar-refractivity contribution is 0.129. The van der Waals surface area contributed by atoms with Crippen molar-refractivity contribution < 1.29 is 14.3 Å². The summed E-state index contributed by atoms with van der Waals surface area (Å²) in [6, 6.07) is 0. The molecule has 1 atom stereocenters. The molecule has 0 aromatic carbocycles. The summed E-state index contributed by atoms with van der Waals surface area (Å²) in [5, 5.41) is 9.24. The molecule has 1 fully saturated rings. The van der Waals surface area contributed by atoms with Gasteiger partial charge in [0.2, 0.25) is 5.95 Å². The van der Waals surface area contributed by atoms with Crippen LogP contribution in [-0.2, 0) is 0 Å². The van der Waals surface area contributed by atoms with Crippen molar-refractivity contribution in [2.45, 2.75) is 18.8 Å². The molecule has 0 radical (unpaired) electrons. The fourth-order valence-corrected chi connectivity index (χ4v) is 2.80. The van der Waals surface area contributed by atoms with Crippen molar-refractivity contribution >= 4 is 23.2 Å². The van der Waals surface area contributed by atoms with E-state index in [-0.39, 0.29) is 11.1 Å². The zero-order chi connectivity index (χ0) is 14.3. The third-order valence-electron chi connectivity index (χ3n) is 3.56. The lowest BCUT2D eigenvalue weighted by Gasteiger charge is -2.30. The Morgan fingerprint density at radius 3 is 3.00 bits per heavy atom. The molecule has 6 nitrogen and oxygen atoms in total. The average Bonchev–Trinajstić information content (AvgIpc) is 2.89. The van der Waals surface area contributed by atoms with Crippen molar-refractivity contribution in [2.24, 2.45) is 0 Å². The summed E-state index contributed by atoms with van der Waals surface area (Å²) >= 11 is 5.92. The second kappa shape index (κ2) is 4.90. The summed E-state index contributed by atoms with van der Waals surface area (Å²) < 4.78 is 15.3. The summed E-state index contributed by atoms with van der Waals surface area (Å²) in [7, 11) is 0. The molecule has 1 saturated heterocycles. The summed E-state index contributed by atoms with van der Waals surface area (Å²) in [5.41, 5.74) is 0.397. The Morgan fingerprint density at radius 1 is 1.45 bits per heavy atom. The molecule has 8 heteroatoms. The monoisotopic (exact) mass is 298 g/mol. The molecule has 1 amide bonds. The minimum Gasteiger partial charge on any atom is -0.465 e. The fraction of sp³-hybridized carbons (Fsp3) is 0.417. The fourth-order valence-electron chi connectivity index (χ4n) is 2.62. The topological polar surface area (TPSA) is 70.7 Å². The van der Waals surface area contributed by atoms with Crippen LogP contribution in [0.15, 0.2) is 12.4 Å². The molecule has 2 aromatic heterocycles. The molecule has 1 unspecified atom stereocenters. The zero-order valence-corrected chi connectivity index (χ0v) is 11.2. The molecule has 2 aromatic rings. The highest BCUT2D eigenvalue weighted by Gasteiger charge is 2.28. The van der Waals surface area contributed by atoms with Gasteiger partial charge in [-0.15, -0.1) is 0 Å². The number of carbonyl (C=O) groups is 1. The second-order valence-corrected chi connectivity index (χ2v) is 5.13. The third-order valence-corrected chi connectivity index (χ3v) is 3.85. The quantitative estimate of drug-likeness (QED) is 0.877. The molecular weight excluding hydrogens is 287 g/mol. The molecule has 20 heavy (non-hydrogen) atoms. The smallest absolute Gasteiger partial charge is 0.407 e. The van der Waals surface area contributed by atoms with Crippen molar-refractivity contribution in [3.05, 3.63) is 29.3 Å². The number of amides is 1. The number of carboxylic acid groups (broad SMARTS) is 1. The first-order valence-corrected chi connectivity index (χ1v) is 6.61. The van der Waals surface area contributed by atoms with Crippen molar-refractivity contribution in [3.8, 4) is 0 Å². The van der Waals surface area contributed by atoms with E-state index in [4.69, 9.17) is 16.7 Å². The molecule has 1 aliphatic rings. The Balaban J connectivity index is 2.02. The number of rotatable bonds is 1. The summed E-state index contributed by atoms with van der Waals surface area (Å²) in [6.07, 6.45) is 3.04. The van der Waals surface area contributed by atoms with Crippen molar-refractivity contribution in [1.29, 1.82) is 0 Å². The van der Waals surface area contributed by atoms with Crippen LogP contribution in [0.25, 0.3) is 5.52 Å². The molecule has 106 valence electrons.